The second kappa shape index (κ2) is 10.4. The Labute approximate surface area is 205 Å². The molecule has 0 unspecified atom stereocenters. The number of piperidine rings is 1. The minimum atomic E-state index is -4.39. The third-order valence-electron chi connectivity index (χ3n) is 7.53. The van der Waals surface area contributed by atoms with Gasteiger partial charge in [0.15, 0.2) is 0 Å². The molecule has 2 fully saturated rings. The minimum Gasteiger partial charge on any atom is -0.390 e. The number of benzene rings is 1. The van der Waals surface area contributed by atoms with Crippen LogP contribution in [0.5, 0.6) is 0 Å². The fourth-order valence-electron chi connectivity index (χ4n) is 5.42. The van der Waals surface area contributed by atoms with E-state index in [2.05, 4.69) is 16.5 Å². The summed E-state index contributed by atoms with van der Waals surface area (Å²) in [5.74, 6) is -0.179. The van der Waals surface area contributed by atoms with Gasteiger partial charge in [0, 0.05) is 43.5 Å². The summed E-state index contributed by atoms with van der Waals surface area (Å²) in [6, 6.07) is 4.43. The Morgan fingerprint density at radius 3 is 2.40 bits per heavy atom. The SMILES string of the molecule is C=C(/C(C)=C(\N=CN)C(=O)N1CCC(N2CCCC2)CC1)N1CCc2ccc(C(F)(F)F)cc2C1. The van der Waals surface area contributed by atoms with Gasteiger partial charge < -0.3 is 20.4 Å². The summed E-state index contributed by atoms with van der Waals surface area (Å²) < 4.78 is 39.6. The number of hydrogen-bond acceptors (Lipinski definition) is 4. The van der Waals surface area contributed by atoms with Crippen molar-refractivity contribution in [2.24, 2.45) is 10.7 Å². The molecule has 0 radical (unpaired) electrons. The fraction of sp³-hybridized carbons (Fsp3) is 0.538. The lowest BCUT2D eigenvalue weighted by molar-refractivity contribution is -0.137. The first-order chi connectivity index (χ1) is 16.7. The molecule has 0 atom stereocenters. The average molecular weight is 490 g/mol. The van der Waals surface area contributed by atoms with Gasteiger partial charge in [-0.1, -0.05) is 12.6 Å². The van der Waals surface area contributed by atoms with Crippen LogP contribution in [0.3, 0.4) is 0 Å². The maximum atomic E-state index is 13.4. The third-order valence-corrected chi connectivity index (χ3v) is 7.53. The summed E-state index contributed by atoms with van der Waals surface area (Å²) in [5.41, 5.74) is 7.87. The standard InChI is InChI=1S/C26H34F3N5O/c1-18(19(2)34-12-7-20-5-6-22(26(27,28)29)15-21(20)16-34)24(31-17-30)25(35)33-13-8-23(9-14-33)32-10-3-4-11-32/h5-6,15,17,23H,2-4,7-14,16H2,1H3,(H2,30,31)/b24-18-. The highest BCUT2D eigenvalue weighted by molar-refractivity contribution is 5.95. The number of fused-ring (bicyclic) bond motifs is 1. The molecule has 4 rings (SSSR count). The molecule has 0 bridgehead atoms. The summed E-state index contributed by atoms with van der Waals surface area (Å²) in [7, 11) is 0. The largest absolute Gasteiger partial charge is 0.416 e. The van der Waals surface area contributed by atoms with E-state index >= 15 is 0 Å². The van der Waals surface area contributed by atoms with Crippen LogP contribution in [0.2, 0.25) is 0 Å². The summed E-state index contributed by atoms with van der Waals surface area (Å²) in [5, 5.41) is 0. The van der Waals surface area contributed by atoms with Gasteiger partial charge in [-0.05, 0) is 75.4 Å². The summed E-state index contributed by atoms with van der Waals surface area (Å²) in [6.45, 7) is 10.5. The monoisotopic (exact) mass is 489 g/mol. The van der Waals surface area contributed by atoms with Gasteiger partial charge >= 0.3 is 6.18 Å². The summed E-state index contributed by atoms with van der Waals surface area (Å²) in [6.07, 6.45) is 1.71. The molecule has 1 aromatic rings. The van der Waals surface area contributed by atoms with Crippen LogP contribution in [0.25, 0.3) is 0 Å². The van der Waals surface area contributed by atoms with Crippen molar-refractivity contribution in [1.82, 2.24) is 14.7 Å². The number of nitrogens with two attached hydrogens (primary N) is 1. The topological polar surface area (TPSA) is 65.2 Å². The van der Waals surface area contributed by atoms with Crippen molar-refractivity contribution < 1.29 is 18.0 Å². The second-order valence-corrected chi connectivity index (χ2v) is 9.62. The van der Waals surface area contributed by atoms with Gasteiger partial charge in [-0.25, -0.2) is 4.99 Å². The van der Waals surface area contributed by atoms with E-state index in [-0.39, 0.29) is 11.6 Å². The van der Waals surface area contributed by atoms with E-state index in [1.807, 2.05) is 9.80 Å². The highest BCUT2D eigenvalue weighted by atomic mass is 19.4. The average Bonchev–Trinajstić information content (AvgIpc) is 3.40. The molecule has 0 spiro atoms. The molecule has 0 aliphatic carbocycles. The van der Waals surface area contributed by atoms with E-state index in [4.69, 9.17) is 5.73 Å². The van der Waals surface area contributed by atoms with Crippen molar-refractivity contribution in [1.29, 1.82) is 0 Å². The highest BCUT2D eigenvalue weighted by Gasteiger charge is 2.33. The molecule has 2 saturated heterocycles. The normalized spacial score (nSPS) is 20.8. The predicted molar refractivity (Wildman–Crippen MR) is 130 cm³/mol. The van der Waals surface area contributed by atoms with E-state index in [1.165, 1.54) is 18.9 Å². The molecular weight excluding hydrogens is 455 g/mol. The van der Waals surface area contributed by atoms with Gasteiger partial charge in [-0.15, -0.1) is 0 Å². The molecular formula is C26H34F3N5O. The lowest BCUT2D eigenvalue weighted by Crippen LogP contribution is -2.46. The Morgan fingerprint density at radius 2 is 1.77 bits per heavy atom. The number of hydrogen-bond donors (Lipinski definition) is 1. The van der Waals surface area contributed by atoms with Gasteiger partial charge in [0.2, 0.25) is 0 Å². The number of amides is 1. The Morgan fingerprint density at radius 1 is 1.09 bits per heavy atom. The Kier molecular flexibility index (Phi) is 7.54. The van der Waals surface area contributed by atoms with Crippen molar-refractivity contribution in [3.63, 3.8) is 0 Å². The van der Waals surface area contributed by atoms with Gasteiger partial charge in [-0.3, -0.25) is 4.79 Å². The zero-order valence-corrected chi connectivity index (χ0v) is 20.3. The van der Waals surface area contributed by atoms with Crippen LogP contribution < -0.4 is 5.73 Å². The van der Waals surface area contributed by atoms with Crippen molar-refractivity contribution in [3.05, 3.63) is 58.4 Å². The van der Waals surface area contributed by atoms with Crippen LogP contribution in [0.15, 0.2) is 46.7 Å². The number of carbonyl (C=O) groups excluding carboxylic acids is 1. The van der Waals surface area contributed by atoms with Crippen molar-refractivity contribution >= 4 is 12.2 Å². The van der Waals surface area contributed by atoms with E-state index in [0.717, 1.165) is 43.9 Å². The third kappa shape index (κ3) is 5.55. The predicted octanol–water partition coefficient (Wildman–Crippen LogP) is 3.93. The molecule has 3 aliphatic heterocycles. The zero-order valence-electron chi connectivity index (χ0n) is 20.3. The first kappa shape index (κ1) is 25.3. The van der Waals surface area contributed by atoms with Crippen LogP contribution in [0.4, 0.5) is 13.2 Å². The van der Waals surface area contributed by atoms with Crippen LogP contribution in [-0.4, -0.2) is 65.7 Å². The first-order valence-corrected chi connectivity index (χ1v) is 12.3. The molecule has 1 aromatic carbocycles. The van der Waals surface area contributed by atoms with Gasteiger partial charge in [-0.2, -0.15) is 13.2 Å². The molecule has 3 aliphatic rings. The van der Waals surface area contributed by atoms with E-state index in [9.17, 15) is 18.0 Å². The van der Waals surface area contributed by atoms with Crippen LogP contribution in [0, 0.1) is 0 Å². The number of nitrogens with zero attached hydrogens (tertiary/aromatic N) is 4. The molecule has 6 nitrogen and oxygen atoms in total. The minimum absolute atomic E-state index is 0.179. The molecule has 190 valence electrons. The second-order valence-electron chi connectivity index (χ2n) is 9.62. The lowest BCUT2D eigenvalue weighted by atomic mass is 9.96. The van der Waals surface area contributed by atoms with Gasteiger partial charge in [0.25, 0.3) is 5.91 Å². The quantitative estimate of drug-likeness (QED) is 0.295. The molecule has 3 heterocycles. The number of carbonyl (C=O) groups is 1. The van der Waals surface area contributed by atoms with E-state index < -0.39 is 11.7 Å². The number of likely N-dealkylation sites (tertiary alicyclic amines) is 2. The highest BCUT2D eigenvalue weighted by Crippen LogP contribution is 2.33. The molecule has 0 aromatic heterocycles. The molecule has 9 heteroatoms. The number of halogens is 3. The zero-order chi connectivity index (χ0) is 25.2. The lowest BCUT2D eigenvalue weighted by Gasteiger charge is -2.37. The summed E-state index contributed by atoms with van der Waals surface area (Å²) >= 11 is 0. The van der Waals surface area contributed by atoms with Crippen LogP contribution in [-0.2, 0) is 23.9 Å². The number of allylic oxidation sites excluding steroid dienone is 1. The smallest absolute Gasteiger partial charge is 0.390 e. The Hall–Kier alpha value is -2.81. The van der Waals surface area contributed by atoms with Crippen molar-refractivity contribution in [2.45, 2.75) is 57.8 Å². The van der Waals surface area contributed by atoms with E-state index in [0.29, 0.717) is 55.5 Å². The Bertz CT molecular complexity index is 1020. The summed E-state index contributed by atoms with van der Waals surface area (Å²) in [4.78, 5) is 23.9. The number of aliphatic imine (C=N–C) groups is 1. The number of alkyl halides is 3. The molecule has 35 heavy (non-hydrogen) atoms. The maximum absolute atomic E-state index is 13.4. The molecule has 0 saturated carbocycles. The Balaban J connectivity index is 1.48. The first-order valence-electron chi connectivity index (χ1n) is 12.3. The van der Waals surface area contributed by atoms with E-state index in [1.54, 1.807) is 13.0 Å². The van der Waals surface area contributed by atoms with Crippen molar-refractivity contribution in [3.8, 4) is 0 Å². The van der Waals surface area contributed by atoms with Gasteiger partial charge in [0.1, 0.15) is 5.70 Å². The molecule has 1 amide bonds. The van der Waals surface area contributed by atoms with Crippen molar-refractivity contribution in [2.75, 3.05) is 32.7 Å². The number of rotatable bonds is 5. The maximum Gasteiger partial charge on any atom is 0.416 e. The molecule has 2 N–H and O–H groups in total. The van der Waals surface area contributed by atoms with Crippen LogP contribution >= 0.6 is 0 Å². The van der Waals surface area contributed by atoms with Crippen LogP contribution in [0.1, 0.15) is 49.3 Å². The fourth-order valence-corrected chi connectivity index (χ4v) is 5.42. The van der Waals surface area contributed by atoms with Gasteiger partial charge in [0.05, 0.1) is 11.9 Å².